The first kappa shape index (κ1) is 17.9. The molecule has 28 heavy (non-hydrogen) atoms. The molecule has 7 nitrogen and oxygen atoms in total. The molecule has 2 aromatic carbocycles. The maximum atomic E-state index is 13.1. The van der Waals surface area contributed by atoms with Gasteiger partial charge in [-0.3, -0.25) is 18.7 Å². The van der Waals surface area contributed by atoms with Crippen LogP contribution in [0.3, 0.4) is 0 Å². The maximum Gasteiger partial charge on any atom is 0.332 e. The predicted octanol–water partition coefficient (Wildman–Crippen LogP) is 2.15. The minimum Gasteiger partial charge on any atom is -0.319 e. The summed E-state index contributed by atoms with van der Waals surface area (Å²) in [5, 5.41) is 2.20. The highest BCUT2D eigenvalue weighted by Gasteiger charge is 2.20. The molecule has 0 aliphatic heterocycles. The Kier molecular flexibility index (Phi) is 4.03. The van der Waals surface area contributed by atoms with Crippen LogP contribution in [0.2, 0.25) is 0 Å². The van der Waals surface area contributed by atoms with Crippen molar-refractivity contribution in [3.8, 4) is 0 Å². The van der Waals surface area contributed by atoms with Gasteiger partial charge in [0.1, 0.15) is 0 Å². The monoisotopic (exact) mass is 376 g/mol. The third-order valence-electron chi connectivity index (χ3n) is 5.18. The predicted molar refractivity (Wildman–Crippen MR) is 108 cm³/mol. The van der Waals surface area contributed by atoms with E-state index in [1.54, 1.807) is 14.1 Å². The minimum atomic E-state index is -0.463. The summed E-state index contributed by atoms with van der Waals surface area (Å²) in [6.07, 6.45) is 0. The molecule has 0 saturated carbocycles. The second-order valence-electron chi connectivity index (χ2n) is 7.09. The Balaban J connectivity index is 1.92. The van der Waals surface area contributed by atoms with Crippen LogP contribution in [-0.4, -0.2) is 24.5 Å². The van der Waals surface area contributed by atoms with Crippen LogP contribution in [0.5, 0.6) is 0 Å². The smallest absolute Gasteiger partial charge is 0.319 e. The van der Waals surface area contributed by atoms with Gasteiger partial charge < -0.3 is 4.57 Å². The number of hydrogen-bond acceptors (Lipinski definition) is 4. The van der Waals surface area contributed by atoms with Crippen molar-refractivity contribution >= 4 is 27.7 Å². The molecule has 0 radical (unpaired) electrons. The molecule has 2 heterocycles. The van der Waals surface area contributed by atoms with Crippen LogP contribution in [0.1, 0.15) is 28.7 Å². The number of ketones is 1. The molecular formula is C21H20N4O3. The Morgan fingerprint density at radius 1 is 1.07 bits per heavy atom. The SMILES string of the molecule is CC(=O)c1nc2c(c(=O)n(Cc3ccc4c(C)cccc4c3)c(=O)n2C)n1C. The molecule has 142 valence electrons. The minimum absolute atomic E-state index is 0.145. The molecule has 2 aromatic heterocycles. The van der Waals surface area contributed by atoms with E-state index in [-0.39, 0.29) is 29.3 Å². The molecule has 0 saturated heterocycles. The van der Waals surface area contributed by atoms with Crippen molar-refractivity contribution in [3.63, 3.8) is 0 Å². The standard InChI is InChI=1S/C21H20N4O3/c1-12-6-5-7-15-10-14(8-9-16(12)15)11-25-20(27)17-19(24(4)21(25)28)22-18(13(2)26)23(17)3/h5-10H,11H2,1-4H3. The van der Waals surface area contributed by atoms with Gasteiger partial charge in [-0.2, -0.15) is 0 Å². The molecule has 0 aliphatic rings. The third-order valence-corrected chi connectivity index (χ3v) is 5.18. The number of Topliss-reactive ketones (excluding diaryl/α,β-unsaturated/α-hetero) is 1. The van der Waals surface area contributed by atoms with E-state index in [1.807, 2.05) is 43.3 Å². The van der Waals surface area contributed by atoms with Crippen LogP contribution in [0.25, 0.3) is 21.9 Å². The summed E-state index contributed by atoms with van der Waals surface area (Å²) in [6.45, 7) is 3.58. The van der Waals surface area contributed by atoms with Gasteiger partial charge in [-0.1, -0.05) is 30.3 Å². The zero-order valence-electron chi connectivity index (χ0n) is 16.2. The highest BCUT2D eigenvalue weighted by Crippen LogP contribution is 2.20. The van der Waals surface area contributed by atoms with Crippen LogP contribution < -0.4 is 11.2 Å². The fourth-order valence-electron chi connectivity index (χ4n) is 3.67. The Bertz CT molecular complexity index is 1390. The van der Waals surface area contributed by atoms with E-state index < -0.39 is 11.2 Å². The van der Waals surface area contributed by atoms with Gasteiger partial charge in [-0.25, -0.2) is 9.78 Å². The number of imidazole rings is 1. The lowest BCUT2D eigenvalue weighted by Crippen LogP contribution is -2.39. The second kappa shape index (κ2) is 6.30. The van der Waals surface area contributed by atoms with Crippen molar-refractivity contribution in [2.45, 2.75) is 20.4 Å². The number of aromatic nitrogens is 4. The average molecular weight is 376 g/mol. The van der Waals surface area contributed by atoms with Gasteiger partial charge in [-0.15, -0.1) is 0 Å². The van der Waals surface area contributed by atoms with Crippen molar-refractivity contribution in [2.24, 2.45) is 14.1 Å². The van der Waals surface area contributed by atoms with Gasteiger partial charge in [0, 0.05) is 21.0 Å². The molecule has 0 fully saturated rings. The molecule has 0 amide bonds. The number of carbonyl (C=O) groups is 1. The maximum absolute atomic E-state index is 13.1. The number of fused-ring (bicyclic) bond motifs is 2. The number of aryl methyl sites for hydroxylation is 3. The zero-order chi connectivity index (χ0) is 20.2. The topological polar surface area (TPSA) is 78.9 Å². The van der Waals surface area contributed by atoms with Gasteiger partial charge in [-0.05, 0) is 34.9 Å². The Morgan fingerprint density at radius 2 is 1.82 bits per heavy atom. The van der Waals surface area contributed by atoms with E-state index in [9.17, 15) is 14.4 Å². The summed E-state index contributed by atoms with van der Waals surface area (Å²) < 4.78 is 3.96. The quantitative estimate of drug-likeness (QED) is 0.513. The average Bonchev–Trinajstić information content (AvgIpc) is 3.01. The zero-order valence-corrected chi connectivity index (χ0v) is 16.2. The van der Waals surface area contributed by atoms with Crippen LogP contribution >= 0.6 is 0 Å². The molecule has 0 bridgehead atoms. The number of hydrogen-bond donors (Lipinski definition) is 0. The largest absolute Gasteiger partial charge is 0.332 e. The fraction of sp³-hybridized carbons (Fsp3) is 0.238. The fourth-order valence-corrected chi connectivity index (χ4v) is 3.67. The number of carbonyl (C=O) groups excluding carboxylic acids is 1. The van der Waals surface area contributed by atoms with E-state index in [4.69, 9.17) is 0 Å². The summed E-state index contributed by atoms with van der Waals surface area (Å²) in [5.74, 6) is -0.108. The van der Waals surface area contributed by atoms with Gasteiger partial charge in [0.2, 0.25) is 0 Å². The van der Waals surface area contributed by atoms with Crippen LogP contribution in [0, 0.1) is 6.92 Å². The molecule has 0 N–H and O–H groups in total. The highest BCUT2D eigenvalue weighted by atomic mass is 16.2. The molecule has 0 atom stereocenters. The normalized spacial score (nSPS) is 11.4. The van der Waals surface area contributed by atoms with E-state index >= 15 is 0 Å². The first-order valence-corrected chi connectivity index (χ1v) is 8.95. The molecule has 4 aromatic rings. The highest BCUT2D eigenvalue weighted by molar-refractivity contribution is 5.94. The van der Waals surface area contributed by atoms with E-state index in [1.165, 1.54) is 26.2 Å². The van der Waals surface area contributed by atoms with Crippen LogP contribution in [-0.2, 0) is 20.6 Å². The van der Waals surface area contributed by atoms with Gasteiger partial charge in [0.15, 0.2) is 22.8 Å². The van der Waals surface area contributed by atoms with Crippen LogP contribution in [0.15, 0.2) is 46.0 Å². The third kappa shape index (κ3) is 2.58. The number of nitrogens with zero attached hydrogens (tertiary/aromatic N) is 4. The molecule has 0 spiro atoms. The Hall–Kier alpha value is -3.48. The van der Waals surface area contributed by atoms with Crippen molar-refractivity contribution in [1.82, 2.24) is 18.7 Å². The van der Waals surface area contributed by atoms with E-state index in [0.717, 1.165) is 16.3 Å². The second-order valence-corrected chi connectivity index (χ2v) is 7.09. The first-order chi connectivity index (χ1) is 13.3. The lowest BCUT2D eigenvalue weighted by Gasteiger charge is -2.10. The Morgan fingerprint density at radius 3 is 2.54 bits per heavy atom. The van der Waals surface area contributed by atoms with Gasteiger partial charge in [0.25, 0.3) is 5.56 Å². The lowest BCUT2D eigenvalue weighted by atomic mass is 10.0. The molecule has 4 rings (SSSR count). The van der Waals surface area contributed by atoms with Gasteiger partial charge >= 0.3 is 5.69 Å². The molecular weight excluding hydrogens is 356 g/mol. The summed E-state index contributed by atoms with van der Waals surface area (Å²) in [5.41, 5.74) is 1.56. The van der Waals surface area contributed by atoms with E-state index in [0.29, 0.717) is 0 Å². The van der Waals surface area contributed by atoms with Crippen molar-refractivity contribution in [3.05, 3.63) is 74.2 Å². The molecule has 0 unspecified atom stereocenters. The van der Waals surface area contributed by atoms with E-state index in [2.05, 4.69) is 4.98 Å². The number of benzene rings is 2. The van der Waals surface area contributed by atoms with Crippen molar-refractivity contribution < 1.29 is 4.79 Å². The van der Waals surface area contributed by atoms with Crippen molar-refractivity contribution in [2.75, 3.05) is 0 Å². The van der Waals surface area contributed by atoms with Crippen molar-refractivity contribution in [1.29, 1.82) is 0 Å². The molecule has 7 heteroatoms. The summed E-state index contributed by atoms with van der Waals surface area (Å²) in [6, 6.07) is 12.0. The molecule has 0 aliphatic carbocycles. The summed E-state index contributed by atoms with van der Waals surface area (Å²) >= 11 is 0. The Labute approximate surface area is 160 Å². The summed E-state index contributed by atoms with van der Waals surface area (Å²) in [4.78, 5) is 41.9. The summed E-state index contributed by atoms with van der Waals surface area (Å²) in [7, 11) is 3.17. The first-order valence-electron chi connectivity index (χ1n) is 8.95. The van der Waals surface area contributed by atoms with Gasteiger partial charge in [0.05, 0.1) is 6.54 Å². The lowest BCUT2D eigenvalue weighted by molar-refractivity contribution is 0.100. The van der Waals surface area contributed by atoms with Crippen LogP contribution in [0.4, 0.5) is 0 Å². The number of rotatable bonds is 3.